The number of allylic oxidation sites excluding steroid dienone is 1. The van der Waals surface area contributed by atoms with Crippen LogP contribution in [0, 0.1) is 6.92 Å². The maximum Gasteiger partial charge on any atom is 0.0564 e. The van der Waals surface area contributed by atoms with Crippen molar-refractivity contribution in [3.63, 3.8) is 0 Å². The van der Waals surface area contributed by atoms with E-state index in [9.17, 15) is 0 Å². The highest BCUT2D eigenvalue weighted by molar-refractivity contribution is 9.10. The fourth-order valence-electron chi connectivity index (χ4n) is 3.50. The average Bonchev–Trinajstić information content (AvgIpc) is 2.93. The highest BCUT2D eigenvalue weighted by Crippen LogP contribution is 2.39. The Morgan fingerprint density at radius 2 is 1.69 bits per heavy atom. The summed E-state index contributed by atoms with van der Waals surface area (Å²) in [7, 11) is 0. The van der Waals surface area contributed by atoms with Crippen molar-refractivity contribution >= 4 is 33.6 Å². The van der Waals surface area contributed by atoms with Crippen LogP contribution in [0.5, 0.6) is 0 Å². The Hall–Kier alpha value is -1.77. The largest absolute Gasteiger partial charge is 0.342 e. The molecule has 134 valence electrons. The molecule has 0 aliphatic heterocycles. The van der Waals surface area contributed by atoms with E-state index in [0.29, 0.717) is 6.04 Å². The first-order valence-electron chi connectivity index (χ1n) is 8.82. The molecule has 2 aromatic carbocycles. The van der Waals surface area contributed by atoms with E-state index in [4.69, 9.17) is 11.6 Å². The third-order valence-corrected chi connectivity index (χ3v) is 5.16. The molecule has 3 aromatic rings. The van der Waals surface area contributed by atoms with Gasteiger partial charge in [-0.15, -0.1) is 0 Å². The summed E-state index contributed by atoms with van der Waals surface area (Å²) in [5, 5.41) is 0.757. The van der Waals surface area contributed by atoms with E-state index in [2.05, 4.69) is 89.8 Å². The lowest BCUT2D eigenvalue weighted by Crippen LogP contribution is -2.05. The first-order chi connectivity index (χ1) is 12.4. The minimum atomic E-state index is 0.372. The fourth-order valence-corrected chi connectivity index (χ4v) is 4.13. The topological polar surface area (TPSA) is 4.93 Å². The Balaban J connectivity index is 2.29. The summed E-state index contributed by atoms with van der Waals surface area (Å²) >= 11 is 9.79. The zero-order valence-electron chi connectivity index (χ0n) is 15.6. The van der Waals surface area contributed by atoms with Gasteiger partial charge in [0.15, 0.2) is 0 Å². The first kappa shape index (κ1) is 19.0. The molecule has 1 aromatic heterocycles. The van der Waals surface area contributed by atoms with Crippen LogP contribution in [0.1, 0.15) is 38.1 Å². The van der Waals surface area contributed by atoms with Crippen molar-refractivity contribution in [3.8, 4) is 22.4 Å². The van der Waals surface area contributed by atoms with Crippen LogP contribution in [0.25, 0.3) is 28.5 Å². The van der Waals surface area contributed by atoms with Crippen LogP contribution in [0.15, 0.2) is 59.1 Å². The van der Waals surface area contributed by atoms with Crippen molar-refractivity contribution in [2.75, 3.05) is 0 Å². The Bertz CT molecular complexity index is 949. The van der Waals surface area contributed by atoms with Gasteiger partial charge in [-0.2, -0.15) is 0 Å². The Kier molecular flexibility index (Phi) is 5.74. The fraction of sp³-hybridized carbons (Fsp3) is 0.217. The van der Waals surface area contributed by atoms with Crippen molar-refractivity contribution in [1.82, 2.24) is 4.57 Å². The van der Waals surface area contributed by atoms with Crippen LogP contribution in [-0.2, 0) is 0 Å². The molecule has 1 heterocycles. The van der Waals surface area contributed by atoms with Gasteiger partial charge in [0.2, 0.25) is 0 Å². The number of rotatable bonds is 4. The van der Waals surface area contributed by atoms with Crippen molar-refractivity contribution in [1.29, 1.82) is 0 Å². The summed E-state index contributed by atoms with van der Waals surface area (Å²) in [5.41, 5.74) is 7.31. The van der Waals surface area contributed by atoms with Crippen LogP contribution in [0.2, 0.25) is 5.02 Å². The number of aromatic nitrogens is 1. The monoisotopic (exact) mass is 427 g/mol. The molecule has 0 N–H and O–H groups in total. The summed E-state index contributed by atoms with van der Waals surface area (Å²) in [6, 6.07) is 17.3. The van der Waals surface area contributed by atoms with Crippen molar-refractivity contribution in [2.24, 2.45) is 0 Å². The zero-order chi connectivity index (χ0) is 18.8. The molecule has 0 saturated carbocycles. The molecule has 0 aliphatic rings. The molecule has 26 heavy (non-hydrogen) atoms. The number of aryl methyl sites for hydroxylation is 1. The average molecular weight is 429 g/mol. The van der Waals surface area contributed by atoms with Gasteiger partial charge in [0.1, 0.15) is 0 Å². The number of hydrogen-bond donors (Lipinski definition) is 0. The van der Waals surface area contributed by atoms with Gasteiger partial charge in [0.25, 0.3) is 0 Å². The molecule has 0 amide bonds. The third-order valence-electron chi connectivity index (χ3n) is 4.45. The molecule has 3 rings (SSSR count). The second kappa shape index (κ2) is 7.85. The number of hydrogen-bond acceptors (Lipinski definition) is 0. The minimum absolute atomic E-state index is 0.372. The summed E-state index contributed by atoms with van der Waals surface area (Å²) < 4.78 is 3.48. The second-order valence-corrected chi connectivity index (χ2v) is 8.14. The molecule has 0 spiro atoms. The normalized spacial score (nSPS) is 11.7. The standard InChI is InChI=1S/C23H23BrClN/c1-5-6-17-12-19(14-20(24)13-17)22-11-16(4)26(15(2)3)23(22)18-7-9-21(25)10-8-18/h5-15H,1-4H3/b6-5+. The number of halogens is 2. The number of nitrogens with zero attached hydrogens (tertiary/aromatic N) is 1. The molecular formula is C23H23BrClN. The molecule has 3 heteroatoms. The van der Waals surface area contributed by atoms with Crippen LogP contribution >= 0.6 is 27.5 Å². The lowest BCUT2D eigenvalue weighted by molar-refractivity contribution is 0.595. The van der Waals surface area contributed by atoms with Crippen LogP contribution < -0.4 is 0 Å². The third kappa shape index (κ3) is 3.82. The van der Waals surface area contributed by atoms with E-state index in [1.165, 1.54) is 33.6 Å². The SMILES string of the molecule is C/C=C/c1cc(Br)cc(-c2cc(C)n(C(C)C)c2-c2ccc(Cl)cc2)c1. The van der Waals surface area contributed by atoms with Crippen LogP contribution in [0.4, 0.5) is 0 Å². The van der Waals surface area contributed by atoms with Crippen molar-refractivity contribution < 1.29 is 0 Å². The molecule has 0 bridgehead atoms. The van der Waals surface area contributed by atoms with E-state index in [-0.39, 0.29) is 0 Å². The highest BCUT2D eigenvalue weighted by atomic mass is 79.9. The van der Waals surface area contributed by atoms with E-state index in [1.807, 2.05) is 19.1 Å². The maximum absolute atomic E-state index is 6.12. The van der Waals surface area contributed by atoms with Crippen molar-refractivity contribution in [2.45, 2.75) is 33.7 Å². The van der Waals surface area contributed by atoms with Gasteiger partial charge in [-0.25, -0.2) is 0 Å². The second-order valence-electron chi connectivity index (χ2n) is 6.79. The lowest BCUT2D eigenvalue weighted by Gasteiger charge is -2.17. The molecule has 0 unspecified atom stereocenters. The molecule has 0 fully saturated rings. The van der Waals surface area contributed by atoms with Crippen LogP contribution in [0.3, 0.4) is 0 Å². The zero-order valence-corrected chi connectivity index (χ0v) is 17.9. The quantitative estimate of drug-likeness (QED) is 0.395. The van der Waals surface area contributed by atoms with Gasteiger partial charge < -0.3 is 4.57 Å². The summed E-state index contributed by atoms with van der Waals surface area (Å²) in [6.45, 7) is 8.66. The summed E-state index contributed by atoms with van der Waals surface area (Å²) in [5.74, 6) is 0. The maximum atomic E-state index is 6.12. The first-order valence-corrected chi connectivity index (χ1v) is 9.99. The number of benzene rings is 2. The highest BCUT2D eigenvalue weighted by Gasteiger charge is 2.18. The van der Waals surface area contributed by atoms with Gasteiger partial charge in [-0.3, -0.25) is 0 Å². The van der Waals surface area contributed by atoms with Gasteiger partial charge in [0, 0.05) is 26.8 Å². The van der Waals surface area contributed by atoms with Gasteiger partial charge in [0.05, 0.1) is 5.69 Å². The summed E-state index contributed by atoms with van der Waals surface area (Å²) in [6.07, 6.45) is 4.19. The molecular weight excluding hydrogens is 406 g/mol. The predicted octanol–water partition coefficient (Wildman–Crippen LogP) is 8.16. The minimum Gasteiger partial charge on any atom is -0.342 e. The van der Waals surface area contributed by atoms with E-state index in [1.54, 1.807) is 0 Å². The Labute approximate surface area is 169 Å². The smallest absolute Gasteiger partial charge is 0.0564 e. The molecule has 1 nitrogen and oxygen atoms in total. The lowest BCUT2D eigenvalue weighted by atomic mass is 9.99. The van der Waals surface area contributed by atoms with Gasteiger partial charge in [-0.1, -0.05) is 51.8 Å². The van der Waals surface area contributed by atoms with Gasteiger partial charge in [-0.05, 0) is 80.8 Å². The Morgan fingerprint density at radius 1 is 1.00 bits per heavy atom. The predicted molar refractivity (Wildman–Crippen MR) is 118 cm³/mol. The molecule has 0 radical (unpaired) electrons. The molecule has 0 aliphatic carbocycles. The van der Waals surface area contributed by atoms with Gasteiger partial charge >= 0.3 is 0 Å². The van der Waals surface area contributed by atoms with E-state index >= 15 is 0 Å². The van der Waals surface area contributed by atoms with Crippen LogP contribution in [-0.4, -0.2) is 4.57 Å². The molecule has 0 saturated heterocycles. The van der Waals surface area contributed by atoms with Crippen molar-refractivity contribution in [3.05, 3.63) is 75.4 Å². The van der Waals surface area contributed by atoms with E-state index < -0.39 is 0 Å². The molecule has 0 atom stereocenters. The Morgan fingerprint density at radius 3 is 2.31 bits per heavy atom. The van der Waals surface area contributed by atoms with E-state index in [0.717, 1.165) is 9.50 Å². The summed E-state index contributed by atoms with van der Waals surface area (Å²) in [4.78, 5) is 0.